The molecule has 21 heavy (non-hydrogen) atoms. The number of hydrogen-bond donors (Lipinski definition) is 1. The molecule has 2 rings (SSSR count). The maximum absolute atomic E-state index is 13.4. The number of halogens is 1. The smallest absolute Gasteiger partial charge is 0.284 e. The van der Waals surface area contributed by atoms with Gasteiger partial charge in [0.25, 0.3) is 5.91 Å². The summed E-state index contributed by atoms with van der Waals surface area (Å²) in [5, 5.41) is 0. The molecule has 2 aromatic rings. The highest BCUT2D eigenvalue weighted by molar-refractivity contribution is 5.79. The lowest BCUT2D eigenvalue weighted by Gasteiger charge is -2.14. The molecule has 5 heteroatoms. The van der Waals surface area contributed by atoms with Gasteiger partial charge >= 0.3 is 0 Å². The Morgan fingerprint density at radius 1 is 1.14 bits per heavy atom. The Kier molecular flexibility index (Phi) is 5.29. The Morgan fingerprint density at radius 2 is 1.81 bits per heavy atom. The second-order valence-corrected chi connectivity index (χ2v) is 4.43. The predicted octanol–water partition coefficient (Wildman–Crippen LogP) is 2.84. The molecule has 0 heterocycles. The highest BCUT2D eigenvalue weighted by Crippen LogP contribution is 2.16. The van der Waals surface area contributed by atoms with Crippen molar-refractivity contribution in [2.24, 2.45) is 0 Å². The van der Waals surface area contributed by atoms with Gasteiger partial charge in [-0.2, -0.15) is 0 Å². The largest absolute Gasteiger partial charge is 0.478 e. The first-order chi connectivity index (χ1) is 10.2. The summed E-state index contributed by atoms with van der Waals surface area (Å²) < 4.78 is 18.6. The molecular formula is C16H16FNO3. The van der Waals surface area contributed by atoms with Crippen LogP contribution in [0.4, 0.5) is 4.39 Å². The Labute approximate surface area is 122 Å². The van der Waals surface area contributed by atoms with Gasteiger partial charge in [0.2, 0.25) is 0 Å². The molecule has 0 spiro atoms. The van der Waals surface area contributed by atoms with Crippen LogP contribution >= 0.6 is 0 Å². The maximum atomic E-state index is 13.4. The lowest BCUT2D eigenvalue weighted by Crippen LogP contribution is -2.36. The van der Waals surface area contributed by atoms with Gasteiger partial charge < -0.3 is 4.74 Å². The average Bonchev–Trinajstić information content (AvgIpc) is 2.50. The molecule has 0 aliphatic heterocycles. The van der Waals surface area contributed by atoms with Gasteiger partial charge in [0.05, 0.1) is 6.61 Å². The molecule has 4 nitrogen and oxygen atoms in total. The monoisotopic (exact) mass is 289 g/mol. The first-order valence-electron chi connectivity index (χ1n) is 6.53. The number of para-hydroxylation sites is 1. The van der Waals surface area contributed by atoms with Crippen molar-refractivity contribution in [3.05, 3.63) is 66.0 Å². The summed E-state index contributed by atoms with van der Waals surface area (Å²) >= 11 is 0. The minimum absolute atomic E-state index is 0.0307. The summed E-state index contributed by atoms with van der Waals surface area (Å²) in [6.45, 7) is 1.77. The number of amides is 1. The summed E-state index contributed by atoms with van der Waals surface area (Å²) in [7, 11) is 0. The number of benzene rings is 2. The van der Waals surface area contributed by atoms with Crippen LogP contribution in [0.5, 0.6) is 5.75 Å². The number of hydroxylamine groups is 1. The van der Waals surface area contributed by atoms with E-state index in [2.05, 4.69) is 5.48 Å². The highest BCUT2D eigenvalue weighted by Gasteiger charge is 2.16. The number of ether oxygens (including phenoxy) is 1. The van der Waals surface area contributed by atoms with Crippen LogP contribution in [0.25, 0.3) is 0 Å². The van der Waals surface area contributed by atoms with Crippen LogP contribution in [0.15, 0.2) is 54.6 Å². The molecule has 1 amide bonds. The second-order valence-electron chi connectivity index (χ2n) is 4.43. The molecule has 0 radical (unpaired) electrons. The summed E-state index contributed by atoms with van der Waals surface area (Å²) in [5.41, 5.74) is 3.22. The van der Waals surface area contributed by atoms with E-state index >= 15 is 0 Å². The third kappa shape index (κ3) is 4.57. The SMILES string of the molecule is C[C@@H](Oc1ccccc1F)C(=O)NOCc1ccccc1. The van der Waals surface area contributed by atoms with E-state index in [4.69, 9.17) is 9.57 Å². The number of rotatable bonds is 6. The van der Waals surface area contributed by atoms with Crippen LogP contribution in [0.1, 0.15) is 12.5 Å². The first kappa shape index (κ1) is 15.0. The van der Waals surface area contributed by atoms with Gasteiger partial charge in [-0.1, -0.05) is 42.5 Å². The van der Waals surface area contributed by atoms with Gasteiger partial charge in [-0.05, 0) is 24.6 Å². The number of nitrogens with one attached hydrogen (secondary N) is 1. The molecule has 0 aromatic heterocycles. The molecule has 0 fully saturated rings. The van der Waals surface area contributed by atoms with Crippen LogP contribution in [0.2, 0.25) is 0 Å². The lowest BCUT2D eigenvalue weighted by atomic mass is 10.2. The standard InChI is InChI=1S/C16H16FNO3/c1-12(21-15-10-6-5-9-14(15)17)16(19)18-20-11-13-7-3-2-4-8-13/h2-10,12H,11H2,1H3,(H,18,19)/t12-/m1/s1. The fourth-order valence-corrected chi connectivity index (χ4v) is 1.63. The van der Waals surface area contributed by atoms with Gasteiger partial charge in [0.15, 0.2) is 17.7 Å². The van der Waals surface area contributed by atoms with E-state index in [0.29, 0.717) is 0 Å². The van der Waals surface area contributed by atoms with E-state index in [-0.39, 0.29) is 12.4 Å². The normalized spacial score (nSPS) is 11.7. The van der Waals surface area contributed by atoms with Crippen molar-refractivity contribution < 1.29 is 18.8 Å². The minimum atomic E-state index is -0.863. The predicted molar refractivity (Wildman–Crippen MR) is 75.9 cm³/mol. The number of carbonyl (C=O) groups is 1. The van der Waals surface area contributed by atoms with Crippen LogP contribution in [0.3, 0.4) is 0 Å². The third-order valence-corrected chi connectivity index (χ3v) is 2.76. The summed E-state index contributed by atoms with van der Waals surface area (Å²) in [6, 6.07) is 15.3. The van der Waals surface area contributed by atoms with Crippen LogP contribution in [0, 0.1) is 5.82 Å². The number of hydrogen-bond acceptors (Lipinski definition) is 3. The maximum Gasteiger partial charge on any atom is 0.284 e. The molecule has 1 N–H and O–H groups in total. The third-order valence-electron chi connectivity index (χ3n) is 2.76. The summed E-state index contributed by atoms with van der Waals surface area (Å²) in [5.74, 6) is -0.959. The molecule has 0 unspecified atom stereocenters. The summed E-state index contributed by atoms with van der Waals surface area (Å²) in [6.07, 6.45) is -0.863. The molecular weight excluding hydrogens is 273 g/mol. The molecule has 0 bridgehead atoms. The van der Waals surface area contributed by atoms with Crippen molar-refractivity contribution in [2.75, 3.05) is 0 Å². The van der Waals surface area contributed by atoms with Crippen molar-refractivity contribution in [2.45, 2.75) is 19.6 Å². The Bertz CT molecular complexity index is 589. The zero-order chi connectivity index (χ0) is 15.1. The van der Waals surface area contributed by atoms with Gasteiger partial charge in [-0.15, -0.1) is 0 Å². The molecule has 0 saturated carbocycles. The lowest BCUT2D eigenvalue weighted by molar-refractivity contribution is -0.141. The van der Waals surface area contributed by atoms with Crippen LogP contribution in [-0.4, -0.2) is 12.0 Å². The molecule has 0 aliphatic rings. The molecule has 1 atom stereocenters. The highest BCUT2D eigenvalue weighted by atomic mass is 19.1. The zero-order valence-corrected chi connectivity index (χ0v) is 11.6. The Morgan fingerprint density at radius 3 is 2.52 bits per heavy atom. The van der Waals surface area contributed by atoms with Crippen LogP contribution in [-0.2, 0) is 16.2 Å². The fourth-order valence-electron chi connectivity index (χ4n) is 1.63. The number of carbonyl (C=O) groups excluding carboxylic acids is 1. The Balaban J connectivity index is 1.79. The van der Waals surface area contributed by atoms with E-state index in [9.17, 15) is 9.18 Å². The second kappa shape index (κ2) is 7.40. The van der Waals surface area contributed by atoms with Crippen molar-refractivity contribution in [1.82, 2.24) is 5.48 Å². The van der Waals surface area contributed by atoms with E-state index in [0.717, 1.165) is 5.56 Å². The van der Waals surface area contributed by atoms with E-state index in [1.807, 2.05) is 30.3 Å². The van der Waals surface area contributed by atoms with Gasteiger partial charge in [-0.25, -0.2) is 9.87 Å². The molecule has 0 aliphatic carbocycles. The quantitative estimate of drug-likeness (QED) is 0.832. The zero-order valence-electron chi connectivity index (χ0n) is 11.6. The van der Waals surface area contributed by atoms with Gasteiger partial charge in [0.1, 0.15) is 0 Å². The average molecular weight is 289 g/mol. The Hall–Kier alpha value is -2.40. The van der Waals surface area contributed by atoms with Gasteiger partial charge in [0, 0.05) is 0 Å². The van der Waals surface area contributed by atoms with Crippen LogP contribution < -0.4 is 10.2 Å². The van der Waals surface area contributed by atoms with Crippen molar-refractivity contribution in [3.8, 4) is 5.75 Å². The van der Waals surface area contributed by atoms with Gasteiger partial charge in [-0.3, -0.25) is 9.63 Å². The molecule has 110 valence electrons. The van der Waals surface area contributed by atoms with E-state index < -0.39 is 17.8 Å². The van der Waals surface area contributed by atoms with Crippen molar-refractivity contribution in [3.63, 3.8) is 0 Å². The minimum Gasteiger partial charge on any atom is -0.478 e. The van der Waals surface area contributed by atoms with Crippen molar-refractivity contribution >= 4 is 5.91 Å². The molecule has 0 saturated heterocycles. The fraction of sp³-hybridized carbons (Fsp3) is 0.188. The van der Waals surface area contributed by atoms with E-state index in [1.165, 1.54) is 19.1 Å². The van der Waals surface area contributed by atoms with E-state index in [1.54, 1.807) is 12.1 Å². The topological polar surface area (TPSA) is 47.6 Å². The molecule has 2 aromatic carbocycles. The first-order valence-corrected chi connectivity index (χ1v) is 6.53. The van der Waals surface area contributed by atoms with Crippen molar-refractivity contribution in [1.29, 1.82) is 0 Å². The summed E-state index contributed by atoms with van der Waals surface area (Å²) in [4.78, 5) is 16.9.